The van der Waals surface area contributed by atoms with Crippen LogP contribution in [0, 0.1) is 17.8 Å². The van der Waals surface area contributed by atoms with Gasteiger partial charge in [-0.3, -0.25) is 0 Å². The largest absolute Gasteiger partial charge is 0.241 e. The first-order valence-corrected chi connectivity index (χ1v) is 4.05. The maximum absolute atomic E-state index is 11.9. The molecule has 2 rings (SSSR count). The zero-order valence-corrected chi connectivity index (χ0v) is 5.89. The van der Waals surface area contributed by atoms with E-state index >= 15 is 0 Å². The molecule has 2 aliphatic carbocycles. The summed E-state index contributed by atoms with van der Waals surface area (Å²) in [5.74, 6) is 1.00. The highest BCUT2D eigenvalue weighted by Gasteiger charge is 2.45. The van der Waals surface area contributed by atoms with Crippen molar-refractivity contribution in [3.05, 3.63) is 0 Å². The van der Waals surface area contributed by atoms with Crippen LogP contribution in [-0.2, 0) is 0 Å². The topological polar surface area (TPSA) is 0 Å². The highest BCUT2D eigenvalue weighted by atomic mass is 19.3. The molecule has 2 saturated carbocycles. The van der Waals surface area contributed by atoms with Crippen molar-refractivity contribution >= 4 is 0 Å². The lowest BCUT2D eigenvalue weighted by Gasteiger charge is -1.95. The summed E-state index contributed by atoms with van der Waals surface area (Å²) in [5.41, 5.74) is 0. The first-order chi connectivity index (χ1) is 4.77. The summed E-state index contributed by atoms with van der Waals surface area (Å²) in [7, 11) is 0. The highest BCUT2D eigenvalue weighted by Crippen LogP contribution is 2.51. The van der Waals surface area contributed by atoms with Crippen LogP contribution < -0.4 is 0 Å². The number of hydrogen-bond donors (Lipinski definition) is 0. The average molecular weight is 146 g/mol. The molecule has 10 heavy (non-hydrogen) atoms. The second-order valence-electron chi connectivity index (χ2n) is 3.67. The van der Waals surface area contributed by atoms with Crippen LogP contribution in [0.25, 0.3) is 0 Å². The van der Waals surface area contributed by atoms with Crippen LogP contribution in [0.15, 0.2) is 0 Å². The molecule has 2 atom stereocenters. The summed E-state index contributed by atoms with van der Waals surface area (Å²) < 4.78 is 23.9. The van der Waals surface area contributed by atoms with Gasteiger partial charge in [-0.2, -0.15) is 0 Å². The van der Waals surface area contributed by atoms with Crippen LogP contribution in [-0.4, -0.2) is 6.43 Å². The quantitative estimate of drug-likeness (QED) is 0.574. The van der Waals surface area contributed by atoms with Crippen molar-refractivity contribution in [2.75, 3.05) is 0 Å². The third kappa shape index (κ3) is 1.30. The predicted molar refractivity (Wildman–Crippen MR) is 34.9 cm³/mol. The van der Waals surface area contributed by atoms with Gasteiger partial charge in [0.25, 0.3) is 0 Å². The van der Waals surface area contributed by atoms with Gasteiger partial charge in [-0.05, 0) is 24.7 Å². The van der Waals surface area contributed by atoms with Crippen LogP contribution in [0.5, 0.6) is 0 Å². The van der Waals surface area contributed by atoms with Gasteiger partial charge in [0.1, 0.15) is 0 Å². The summed E-state index contributed by atoms with van der Waals surface area (Å²) >= 11 is 0. The minimum Gasteiger partial charge on any atom is -0.210 e. The summed E-state index contributed by atoms with van der Waals surface area (Å²) in [6.45, 7) is 0. The Labute approximate surface area is 59.6 Å². The van der Waals surface area contributed by atoms with E-state index in [1.165, 1.54) is 12.8 Å². The number of hydrogen-bond acceptors (Lipinski definition) is 0. The van der Waals surface area contributed by atoms with Crippen LogP contribution in [0.2, 0.25) is 0 Å². The van der Waals surface area contributed by atoms with E-state index in [0.717, 1.165) is 18.8 Å². The number of halogens is 2. The molecule has 2 aliphatic rings. The molecule has 0 spiro atoms. The molecule has 0 bridgehead atoms. The predicted octanol–water partition coefficient (Wildman–Crippen LogP) is 2.69. The molecule has 0 aromatic heterocycles. The van der Waals surface area contributed by atoms with Gasteiger partial charge in [0.2, 0.25) is 6.43 Å². The average Bonchev–Trinajstić information content (AvgIpc) is 2.63. The SMILES string of the molecule is FC(F)C1CC1CC1CC1. The van der Waals surface area contributed by atoms with E-state index < -0.39 is 6.43 Å². The van der Waals surface area contributed by atoms with Crippen LogP contribution in [0.3, 0.4) is 0 Å². The number of rotatable bonds is 3. The van der Waals surface area contributed by atoms with Crippen LogP contribution >= 0.6 is 0 Å². The number of alkyl halides is 2. The Morgan fingerprint density at radius 1 is 1.30 bits per heavy atom. The fourth-order valence-electron chi connectivity index (χ4n) is 1.63. The second-order valence-corrected chi connectivity index (χ2v) is 3.67. The van der Waals surface area contributed by atoms with Gasteiger partial charge < -0.3 is 0 Å². The third-order valence-corrected chi connectivity index (χ3v) is 2.63. The Morgan fingerprint density at radius 2 is 2.00 bits per heavy atom. The van der Waals surface area contributed by atoms with E-state index in [-0.39, 0.29) is 5.92 Å². The first kappa shape index (κ1) is 6.56. The van der Waals surface area contributed by atoms with Crippen molar-refractivity contribution < 1.29 is 8.78 Å². The molecule has 2 heteroatoms. The Balaban J connectivity index is 1.68. The van der Waals surface area contributed by atoms with Crippen molar-refractivity contribution in [1.29, 1.82) is 0 Å². The molecule has 0 N–H and O–H groups in total. The molecule has 0 nitrogen and oxygen atoms in total. The molecule has 2 fully saturated rings. The van der Waals surface area contributed by atoms with Crippen molar-refractivity contribution in [3.8, 4) is 0 Å². The van der Waals surface area contributed by atoms with Gasteiger partial charge in [0.15, 0.2) is 0 Å². The Bertz CT molecular complexity index is 129. The van der Waals surface area contributed by atoms with Crippen molar-refractivity contribution in [2.24, 2.45) is 17.8 Å². The molecule has 0 aliphatic heterocycles. The minimum absolute atomic E-state index is 0.222. The second kappa shape index (κ2) is 2.18. The lowest BCUT2D eigenvalue weighted by Crippen LogP contribution is -1.95. The Hall–Kier alpha value is -0.140. The first-order valence-electron chi connectivity index (χ1n) is 4.05. The van der Waals surface area contributed by atoms with Crippen molar-refractivity contribution in [3.63, 3.8) is 0 Å². The molecule has 0 aromatic carbocycles. The van der Waals surface area contributed by atoms with Gasteiger partial charge in [-0.25, -0.2) is 8.78 Å². The summed E-state index contributed by atoms with van der Waals surface area (Å²) in [6.07, 6.45) is 2.45. The lowest BCUT2D eigenvalue weighted by molar-refractivity contribution is 0.115. The monoisotopic (exact) mass is 146 g/mol. The van der Waals surface area contributed by atoms with Crippen LogP contribution in [0.1, 0.15) is 25.7 Å². The zero-order chi connectivity index (χ0) is 7.14. The van der Waals surface area contributed by atoms with E-state index in [2.05, 4.69) is 0 Å². The Morgan fingerprint density at radius 3 is 2.40 bits per heavy atom. The Kier molecular flexibility index (Phi) is 1.43. The standard InChI is InChI=1S/C8H12F2/c9-8(10)7-4-6(7)3-5-1-2-5/h5-8H,1-4H2. The summed E-state index contributed by atoms with van der Waals surface area (Å²) in [5, 5.41) is 0. The normalized spacial score (nSPS) is 38.7. The van der Waals surface area contributed by atoms with Gasteiger partial charge in [0, 0.05) is 5.92 Å². The van der Waals surface area contributed by atoms with Crippen LogP contribution in [0.4, 0.5) is 8.78 Å². The van der Waals surface area contributed by atoms with Gasteiger partial charge in [0.05, 0.1) is 0 Å². The fourth-order valence-corrected chi connectivity index (χ4v) is 1.63. The van der Waals surface area contributed by atoms with E-state index in [1.807, 2.05) is 0 Å². The molecule has 0 aromatic rings. The van der Waals surface area contributed by atoms with Gasteiger partial charge in [-0.15, -0.1) is 0 Å². The fraction of sp³-hybridized carbons (Fsp3) is 1.00. The molecular weight excluding hydrogens is 134 g/mol. The van der Waals surface area contributed by atoms with Crippen molar-refractivity contribution in [2.45, 2.75) is 32.1 Å². The van der Waals surface area contributed by atoms with E-state index in [4.69, 9.17) is 0 Å². The molecule has 0 heterocycles. The summed E-state index contributed by atoms with van der Waals surface area (Å²) in [4.78, 5) is 0. The molecule has 58 valence electrons. The van der Waals surface area contributed by atoms with E-state index in [0.29, 0.717) is 5.92 Å². The van der Waals surface area contributed by atoms with E-state index in [9.17, 15) is 8.78 Å². The van der Waals surface area contributed by atoms with Crippen molar-refractivity contribution in [1.82, 2.24) is 0 Å². The molecule has 0 saturated heterocycles. The lowest BCUT2D eigenvalue weighted by atomic mass is 10.2. The minimum atomic E-state index is -2.04. The molecular formula is C8H12F2. The molecule has 0 amide bonds. The van der Waals surface area contributed by atoms with E-state index in [1.54, 1.807) is 0 Å². The highest BCUT2D eigenvalue weighted by molar-refractivity contribution is 4.91. The third-order valence-electron chi connectivity index (χ3n) is 2.63. The molecule has 2 unspecified atom stereocenters. The smallest absolute Gasteiger partial charge is 0.210 e. The maximum Gasteiger partial charge on any atom is 0.241 e. The van der Waals surface area contributed by atoms with Gasteiger partial charge >= 0.3 is 0 Å². The molecule has 0 radical (unpaired) electrons. The van der Waals surface area contributed by atoms with Gasteiger partial charge in [-0.1, -0.05) is 12.8 Å². The summed E-state index contributed by atoms with van der Waals surface area (Å²) in [6, 6.07) is 0. The maximum atomic E-state index is 11.9. The zero-order valence-electron chi connectivity index (χ0n) is 5.89.